The quantitative estimate of drug-likeness (QED) is 0.0901. The summed E-state index contributed by atoms with van der Waals surface area (Å²) in [5.41, 5.74) is 3.53. The van der Waals surface area contributed by atoms with Gasteiger partial charge in [0.1, 0.15) is 18.1 Å². The highest BCUT2D eigenvalue weighted by molar-refractivity contribution is 8.00. The zero-order valence-corrected chi connectivity index (χ0v) is 27.3. The van der Waals surface area contributed by atoms with Gasteiger partial charge in [0, 0.05) is 27.2 Å². The van der Waals surface area contributed by atoms with Gasteiger partial charge in [-0.1, -0.05) is 103 Å². The number of thioether (sulfide) groups is 1. The van der Waals surface area contributed by atoms with Crippen LogP contribution in [-0.4, -0.2) is 23.5 Å². The maximum absolute atomic E-state index is 13.6. The molecule has 0 aliphatic carbocycles. The first-order valence-electron chi connectivity index (χ1n) is 15.7. The van der Waals surface area contributed by atoms with Crippen molar-refractivity contribution in [1.29, 1.82) is 0 Å². The van der Waals surface area contributed by atoms with E-state index in [9.17, 15) is 14.4 Å². The van der Waals surface area contributed by atoms with Gasteiger partial charge < -0.3 is 20.7 Å². The molecule has 0 bridgehead atoms. The van der Waals surface area contributed by atoms with Crippen LogP contribution in [0.5, 0.6) is 5.75 Å². The van der Waals surface area contributed by atoms with Crippen molar-refractivity contribution < 1.29 is 19.1 Å². The molecule has 0 unspecified atom stereocenters. The number of hydrogen-bond acceptors (Lipinski definition) is 5. The average molecular weight is 664 g/mol. The monoisotopic (exact) mass is 663 g/mol. The van der Waals surface area contributed by atoms with Gasteiger partial charge in [-0.15, -0.1) is 11.8 Å². The summed E-state index contributed by atoms with van der Waals surface area (Å²) in [7, 11) is 0. The van der Waals surface area contributed by atoms with Gasteiger partial charge >= 0.3 is 0 Å². The van der Waals surface area contributed by atoms with Crippen LogP contribution in [0.1, 0.15) is 21.5 Å². The van der Waals surface area contributed by atoms with E-state index >= 15 is 0 Å². The molecular weight excluding hydrogens is 631 g/mol. The number of hydrogen-bond donors (Lipinski definition) is 3. The number of anilines is 2. The molecule has 6 aromatic rings. The number of fused-ring (bicyclic) bond motifs is 1. The zero-order valence-electron chi connectivity index (χ0n) is 26.5. The lowest BCUT2D eigenvalue weighted by atomic mass is 10.1. The average Bonchev–Trinajstić information content (AvgIpc) is 3.14. The molecule has 0 spiro atoms. The Morgan fingerprint density at radius 2 is 1.37 bits per heavy atom. The number of benzene rings is 6. The van der Waals surface area contributed by atoms with Gasteiger partial charge in [-0.05, 0) is 71.1 Å². The molecule has 0 saturated heterocycles. The van der Waals surface area contributed by atoms with E-state index in [0.717, 1.165) is 26.9 Å². The molecule has 6 aromatic carbocycles. The second-order valence-corrected chi connectivity index (χ2v) is 12.1. The van der Waals surface area contributed by atoms with E-state index in [1.807, 2.05) is 109 Å². The van der Waals surface area contributed by atoms with E-state index < -0.39 is 11.8 Å². The van der Waals surface area contributed by atoms with E-state index in [0.29, 0.717) is 29.2 Å². The topological polar surface area (TPSA) is 96.5 Å². The minimum atomic E-state index is -0.496. The van der Waals surface area contributed by atoms with Gasteiger partial charge in [-0.25, -0.2) is 0 Å². The van der Waals surface area contributed by atoms with Gasteiger partial charge in [0.05, 0.1) is 5.75 Å². The largest absolute Gasteiger partial charge is 0.489 e. The van der Waals surface area contributed by atoms with Crippen molar-refractivity contribution in [2.75, 3.05) is 16.4 Å². The SMILES string of the molecule is O=C(CSc1cccc(NC(=O)/C(=C\c2ccc(OCc3ccccc3)cc2)NC(=O)c2ccccc2)c1)Nc1cccc2ccccc12. The summed E-state index contributed by atoms with van der Waals surface area (Å²) in [6, 6.07) is 46.8. The molecule has 0 atom stereocenters. The predicted molar refractivity (Wildman–Crippen MR) is 197 cm³/mol. The Labute approximate surface area is 289 Å². The first-order valence-corrected chi connectivity index (χ1v) is 16.7. The minimum absolute atomic E-state index is 0.0688. The molecule has 0 saturated carbocycles. The fraction of sp³-hybridized carbons (Fsp3) is 0.0488. The van der Waals surface area contributed by atoms with Crippen LogP contribution in [0.3, 0.4) is 0 Å². The Kier molecular flexibility index (Phi) is 10.8. The summed E-state index contributed by atoms with van der Waals surface area (Å²) >= 11 is 1.36. The third kappa shape index (κ3) is 9.24. The van der Waals surface area contributed by atoms with Crippen LogP contribution in [-0.2, 0) is 16.2 Å². The Balaban J connectivity index is 1.12. The molecule has 242 valence electrons. The van der Waals surface area contributed by atoms with E-state index in [2.05, 4.69) is 16.0 Å². The van der Waals surface area contributed by atoms with E-state index in [4.69, 9.17) is 4.74 Å². The maximum Gasteiger partial charge on any atom is 0.272 e. The Morgan fingerprint density at radius 1 is 0.673 bits per heavy atom. The minimum Gasteiger partial charge on any atom is -0.489 e. The molecule has 3 amide bonds. The van der Waals surface area contributed by atoms with Gasteiger partial charge in [-0.2, -0.15) is 0 Å². The smallest absolute Gasteiger partial charge is 0.272 e. The lowest BCUT2D eigenvalue weighted by Gasteiger charge is -2.13. The van der Waals surface area contributed by atoms with Crippen molar-refractivity contribution >= 4 is 57.7 Å². The lowest BCUT2D eigenvalue weighted by molar-refractivity contribution is -0.114. The highest BCUT2D eigenvalue weighted by Gasteiger charge is 2.16. The normalized spacial score (nSPS) is 11.1. The van der Waals surface area contributed by atoms with Gasteiger partial charge in [0.15, 0.2) is 0 Å². The van der Waals surface area contributed by atoms with Crippen LogP contribution >= 0.6 is 11.8 Å². The molecule has 0 fully saturated rings. The molecule has 8 heteroatoms. The van der Waals surface area contributed by atoms with Crippen molar-refractivity contribution in [1.82, 2.24) is 5.32 Å². The summed E-state index contributed by atoms with van der Waals surface area (Å²) in [6.45, 7) is 0.434. The molecule has 6 rings (SSSR count). The number of carbonyl (C=O) groups excluding carboxylic acids is 3. The first kappa shape index (κ1) is 32.8. The Hall–Kier alpha value is -6.12. The van der Waals surface area contributed by atoms with Gasteiger partial charge in [-0.3, -0.25) is 14.4 Å². The predicted octanol–water partition coefficient (Wildman–Crippen LogP) is 8.56. The number of ether oxygens (including phenoxy) is 1. The summed E-state index contributed by atoms with van der Waals surface area (Å²) in [5, 5.41) is 10.7. The maximum atomic E-state index is 13.6. The molecule has 0 radical (unpaired) electrons. The number of rotatable bonds is 12. The van der Waals surface area contributed by atoms with Crippen LogP contribution in [0.25, 0.3) is 16.8 Å². The number of carbonyl (C=O) groups is 3. The lowest BCUT2D eigenvalue weighted by Crippen LogP contribution is -2.30. The summed E-state index contributed by atoms with van der Waals surface area (Å²) in [6.07, 6.45) is 1.62. The highest BCUT2D eigenvalue weighted by Crippen LogP contribution is 2.25. The molecule has 0 aliphatic rings. The Morgan fingerprint density at radius 3 is 2.16 bits per heavy atom. The van der Waals surface area contributed by atoms with E-state index in [1.54, 1.807) is 48.5 Å². The molecule has 7 nitrogen and oxygen atoms in total. The third-order valence-electron chi connectivity index (χ3n) is 7.49. The van der Waals surface area contributed by atoms with Crippen molar-refractivity contribution in [2.24, 2.45) is 0 Å². The fourth-order valence-electron chi connectivity index (χ4n) is 5.04. The number of amides is 3. The van der Waals surface area contributed by atoms with Gasteiger partial charge in [0.25, 0.3) is 11.8 Å². The fourth-order valence-corrected chi connectivity index (χ4v) is 5.80. The van der Waals surface area contributed by atoms with Crippen LogP contribution < -0.4 is 20.7 Å². The van der Waals surface area contributed by atoms with Crippen molar-refractivity contribution in [3.05, 3.63) is 174 Å². The molecular formula is C41H33N3O4S. The second-order valence-electron chi connectivity index (χ2n) is 11.1. The van der Waals surface area contributed by atoms with Crippen LogP contribution in [0.15, 0.2) is 162 Å². The summed E-state index contributed by atoms with van der Waals surface area (Å²) < 4.78 is 5.90. The van der Waals surface area contributed by atoms with Crippen molar-refractivity contribution in [2.45, 2.75) is 11.5 Å². The van der Waals surface area contributed by atoms with Crippen molar-refractivity contribution in [3.8, 4) is 5.75 Å². The first-order chi connectivity index (χ1) is 24.0. The van der Waals surface area contributed by atoms with E-state index in [1.165, 1.54) is 11.8 Å². The second kappa shape index (κ2) is 16.1. The molecule has 49 heavy (non-hydrogen) atoms. The number of nitrogens with one attached hydrogen (secondary N) is 3. The molecule has 3 N–H and O–H groups in total. The summed E-state index contributed by atoms with van der Waals surface area (Å²) in [4.78, 5) is 40.3. The van der Waals surface area contributed by atoms with Crippen molar-refractivity contribution in [3.63, 3.8) is 0 Å². The van der Waals surface area contributed by atoms with Crippen LogP contribution in [0.4, 0.5) is 11.4 Å². The molecule has 0 aliphatic heterocycles. The standard InChI is InChI=1S/C41H33N3O4S/c45-39(43-37-20-9-16-31-13-7-8-19-36(31)37)28-49-35-18-10-17-33(26-35)42-41(47)38(44-40(46)32-14-5-2-6-15-32)25-29-21-23-34(24-22-29)48-27-30-11-3-1-4-12-30/h1-26H,27-28H2,(H,42,47)(H,43,45)(H,44,46)/b38-25+. The van der Waals surface area contributed by atoms with Gasteiger partial charge in [0.2, 0.25) is 5.91 Å². The van der Waals surface area contributed by atoms with Crippen LogP contribution in [0.2, 0.25) is 0 Å². The Bertz CT molecular complexity index is 2090. The molecule has 0 aromatic heterocycles. The third-order valence-corrected chi connectivity index (χ3v) is 8.49. The van der Waals surface area contributed by atoms with E-state index in [-0.39, 0.29) is 17.4 Å². The highest BCUT2D eigenvalue weighted by atomic mass is 32.2. The summed E-state index contributed by atoms with van der Waals surface area (Å²) in [5.74, 6) is -0.179. The zero-order chi connectivity index (χ0) is 33.8. The molecule has 0 heterocycles. The van der Waals surface area contributed by atoms with Crippen LogP contribution in [0, 0.1) is 0 Å².